The Hall–Kier alpha value is -1.34. The van der Waals surface area contributed by atoms with E-state index in [1.54, 1.807) is 12.1 Å². The number of rotatable bonds is 5. The van der Waals surface area contributed by atoms with Crippen LogP contribution in [0.25, 0.3) is 0 Å². The molecule has 0 aliphatic carbocycles. The van der Waals surface area contributed by atoms with E-state index in [9.17, 15) is 13.2 Å². The van der Waals surface area contributed by atoms with Crippen LogP contribution in [0.2, 0.25) is 10.0 Å². The molecule has 0 spiro atoms. The summed E-state index contributed by atoms with van der Waals surface area (Å²) >= 11 is 11.4. The van der Waals surface area contributed by atoms with Crippen molar-refractivity contribution in [3.8, 4) is 0 Å². The summed E-state index contributed by atoms with van der Waals surface area (Å²) in [6.45, 7) is 0.223. The number of pyridine rings is 1. The van der Waals surface area contributed by atoms with Crippen molar-refractivity contribution < 1.29 is 8.42 Å². The summed E-state index contributed by atoms with van der Waals surface area (Å²) in [6.07, 6.45) is 1.63. The molecule has 0 saturated heterocycles. The van der Waals surface area contributed by atoms with Gasteiger partial charge >= 0.3 is 0 Å². The van der Waals surface area contributed by atoms with E-state index in [1.165, 1.54) is 0 Å². The molecule has 0 fully saturated rings. The van der Waals surface area contributed by atoms with Crippen LogP contribution in [-0.2, 0) is 16.4 Å². The minimum atomic E-state index is -3.71. The highest BCUT2D eigenvalue weighted by atomic mass is 35.5. The number of aromatic amines is 1. The molecule has 0 radical (unpaired) electrons. The molecule has 0 atom stereocenters. The molecule has 0 aliphatic heterocycles. The molecule has 1 aromatic carbocycles. The maximum absolute atomic E-state index is 12.0. The Kier molecular flexibility index (Phi) is 5.05. The molecule has 112 valence electrons. The molecular weight excluding hydrogens is 335 g/mol. The van der Waals surface area contributed by atoms with E-state index in [-0.39, 0.29) is 16.5 Å². The molecule has 5 nitrogen and oxygen atoms in total. The fourth-order valence-electron chi connectivity index (χ4n) is 1.66. The quantitative estimate of drug-likeness (QED) is 0.870. The van der Waals surface area contributed by atoms with Gasteiger partial charge in [0.25, 0.3) is 5.56 Å². The van der Waals surface area contributed by atoms with Crippen molar-refractivity contribution in [3.63, 3.8) is 0 Å². The normalized spacial score (nSPS) is 11.5. The molecule has 0 saturated carbocycles. The summed E-state index contributed by atoms with van der Waals surface area (Å²) in [6, 6.07) is 8.26. The van der Waals surface area contributed by atoms with Crippen LogP contribution in [-0.4, -0.2) is 19.9 Å². The Bertz CT molecular complexity index is 786. The highest BCUT2D eigenvalue weighted by molar-refractivity contribution is 7.89. The first-order valence-electron chi connectivity index (χ1n) is 6.01. The summed E-state index contributed by atoms with van der Waals surface area (Å²) in [5.74, 6) is 0. The van der Waals surface area contributed by atoms with E-state index < -0.39 is 15.6 Å². The molecule has 1 heterocycles. The molecule has 2 aromatic rings. The molecule has 0 amide bonds. The van der Waals surface area contributed by atoms with Crippen molar-refractivity contribution in [1.82, 2.24) is 9.71 Å². The summed E-state index contributed by atoms with van der Waals surface area (Å²) < 4.78 is 26.5. The predicted molar refractivity (Wildman–Crippen MR) is 82.4 cm³/mol. The molecule has 8 heteroatoms. The number of aromatic nitrogens is 1. The SMILES string of the molecule is O=c1[nH]cc(S(=O)(=O)NCCc2ccc(Cl)cc2)cc1Cl. The number of H-pyrrole nitrogens is 1. The Balaban J connectivity index is 2.02. The van der Waals surface area contributed by atoms with Gasteiger partial charge < -0.3 is 4.98 Å². The summed E-state index contributed by atoms with van der Waals surface area (Å²) in [5, 5.41) is 0.456. The standard InChI is InChI=1S/C13H12Cl2N2O3S/c14-10-3-1-9(2-4-10)5-6-17-21(19,20)11-7-12(15)13(18)16-8-11/h1-4,7-8,17H,5-6H2,(H,16,18). The largest absolute Gasteiger partial charge is 0.326 e. The highest BCUT2D eigenvalue weighted by Gasteiger charge is 2.15. The van der Waals surface area contributed by atoms with Gasteiger partial charge in [-0.2, -0.15) is 0 Å². The Morgan fingerprint density at radius 1 is 1.14 bits per heavy atom. The third kappa shape index (κ3) is 4.31. The van der Waals surface area contributed by atoms with Crippen molar-refractivity contribution in [2.24, 2.45) is 0 Å². The van der Waals surface area contributed by atoms with Gasteiger partial charge in [0, 0.05) is 17.8 Å². The van der Waals surface area contributed by atoms with Crippen LogP contribution in [0.3, 0.4) is 0 Å². The highest BCUT2D eigenvalue weighted by Crippen LogP contribution is 2.12. The van der Waals surface area contributed by atoms with Gasteiger partial charge in [-0.05, 0) is 30.2 Å². The van der Waals surface area contributed by atoms with Crippen LogP contribution >= 0.6 is 23.2 Å². The van der Waals surface area contributed by atoms with Gasteiger partial charge in [0.05, 0.1) is 4.90 Å². The topological polar surface area (TPSA) is 79.0 Å². The van der Waals surface area contributed by atoms with Gasteiger partial charge in [-0.1, -0.05) is 35.3 Å². The van der Waals surface area contributed by atoms with Crippen LogP contribution in [0, 0.1) is 0 Å². The number of hydrogen-bond donors (Lipinski definition) is 2. The van der Waals surface area contributed by atoms with Crippen molar-refractivity contribution in [2.45, 2.75) is 11.3 Å². The van der Waals surface area contributed by atoms with Gasteiger partial charge in [0.2, 0.25) is 10.0 Å². The van der Waals surface area contributed by atoms with Crippen LogP contribution in [0.4, 0.5) is 0 Å². The molecule has 2 rings (SSSR count). The fourth-order valence-corrected chi connectivity index (χ4v) is 3.04. The third-order valence-electron chi connectivity index (χ3n) is 2.76. The number of sulfonamides is 1. The minimum absolute atomic E-state index is 0.0804. The maximum Gasteiger partial charge on any atom is 0.266 e. The zero-order valence-corrected chi connectivity index (χ0v) is 13.1. The van der Waals surface area contributed by atoms with E-state index in [4.69, 9.17) is 23.2 Å². The lowest BCUT2D eigenvalue weighted by Gasteiger charge is -2.07. The Labute approximate surface area is 132 Å². The van der Waals surface area contributed by atoms with Crippen LogP contribution in [0.5, 0.6) is 0 Å². The zero-order chi connectivity index (χ0) is 15.5. The summed E-state index contributed by atoms with van der Waals surface area (Å²) in [7, 11) is -3.71. The molecule has 21 heavy (non-hydrogen) atoms. The first-order chi connectivity index (χ1) is 9.88. The maximum atomic E-state index is 12.0. The number of hydrogen-bond acceptors (Lipinski definition) is 3. The monoisotopic (exact) mass is 346 g/mol. The number of halogens is 2. The average molecular weight is 347 g/mol. The smallest absolute Gasteiger partial charge is 0.266 e. The average Bonchev–Trinajstić information content (AvgIpc) is 2.44. The van der Waals surface area contributed by atoms with E-state index in [1.807, 2.05) is 12.1 Å². The van der Waals surface area contributed by atoms with Crippen molar-refractivity contribution >= 4 is 33.2 Å². The van der Waals surface area contributed by atoms with E-state index >= 15 is 0 Å². The molecule has 0 unspecified atom stereocenters. The van der Waals surface area contributed by atoms with E-state index in [0.717, 1.165) is 17.8 Å². The summed E-state index contributed by atoms with van der Waals surface area (Å²) in [4.78, 5) is 13.3. The Morgan fingerprint density at radius 2 is 1.81 bits per heavy atom. The van der Waals surface area contributed by atoms with E-state index in [0.29, 0.717) is 11.4 Å². The van der Waals surface area contributed by atoms with Gasteiger partial charge in [-0.15, -0.1) is 0 Å². The number of benzene rings is 1. The Morgan fingerprint density at radius 3 is 2.43 bits per heavy atom. The van der Waals surface area contributed by atoms with E-state index in [2.05, 4.69) is 9.71 Å². The van der Waals surface area contributed by atoms with Crippen molar-refractivity contribution in [3.05, 3.63) is 62.5 Å². The predicted octanol–water partition coefficient (Wildman–Crippen LogP) is 2.20. The lowest BCUT2D eigenvalue weighted by molar-refractivity contribution is 0.581. The first-order valence-corrected chi connectivity index (χ1v) is 8.25. The van der Waals surface area contributed by atoms with Crippen molar-refractivity contribution in [2.75, 3.05) is 6.54 Å². The van der Waals surface area contributed by atoms with Crippen LogP contribution in [0.1, 0.15) is 5.56 Å². The second-order valence-corrected chi connectivity index (χ2v) is 6.90. The lowest BCUT2D eigenvalue weighted by Crippen LogP contribution is -2.26. The van der Waals surface area contributed by atoms with Gasteiger partial charge in [0.1, 0.15) is 5.02 Å². The van der Waals surface area contributed by atoms with Gasteiger partial charge in [-0.25, -0.2) is 13.1 Å². The number of nitrogens with one attached hydrogen (secondary N) is 2. The molecular formula is C13H12Cl2N2O3S. The third-order valence-corrected chi connectivity index (χ3v) is 4.73. The fraction of sp³-hybridized carbons (Fsp3) is 0.154. The van der Waals surface area contributed by atoms with Crippen molar-refractivity contribution in [1.29, 1.82) is 0 Å². The molecule has 2 N–H and O–H groups in total. The zero-order valence-electron chi connectivity index (χ0n) is 10.8. The summed E-state index contributed by atoms with van der Waals surface area (Å²) in [5.41, 5.74) is 0.429. The lowest BCUT2D eigenvalue weighted by atomic mass is 10.2. The van der Waals surface area contributed by atoms with Gasteiger partial charge in [-0.3, -0.25) is 4.79 Å². The molecule has 1 aromatic heterocycles. The molecule has 0 aliphatic rings. The van der Waals surface area contributed by atoms with Crippen LogP contribution in [0.15, 0.2) is 46.2 Å². The van der Waals surface area contributed by atoms with Gasteiger partial charge in [0.15, 0.2) is 0 Å². The van der Waals surface area contributed by atoms with Crippen LogP contribution < -0.4 is 10.3 Å². The second kappa shape index (κ2) is 6.62. The second-order valence-electron chi connectivity index (χ2n) is 4.29. The first kappa shape index (κ1) is 16.0. The molecule has 0 bridgehead atoms. The minimum Gasteiger partial charge on any atom is -0.326 e.